The molecule has 0 amide bonds. The molecule has 0 aliphatic heterocycles. The number of thiocarbonyl (C=S) groups is 1. The Morgan fingerprint density at radius 1 is 1.27 bits per heavy atom. The fourth-order valence-corrected chi connectivity index (χ4v) is 0.901. The first-order chi connectivity index (χ1) is 4.72. The van der Waals surface area contributed by atoms with Crippen molar-refractivity contribution in [2.45, 2.75) is 0 Å². The van der Waals surface area contributed by atoms with Crippen molar-refractivity contribution in [2.24, 2.45) is 0 Å². The average Bonchev–Trinajstić information content (AvgIpc) is 1.87. The Morgan fingerprint density at radius 2 is 1.64 bits per heavy atom. The molecule has 0 aliphatic rings. The summed E-state index contributed by atoms with van der Waals surface area (Å²) >= 11 is 9.33. The molecule has 1 radical (unpaired) electrons. The Labute approximate surface area is 90.5 Å². The van der Waals surface area contributed by atoms with Crippen LogP contribution in [0.1, 0.15) is 0 Å². The van der Waals surface area contributed by atoms with Crippen molar-refractivity contribution in [1.82, 2.24) is 4.90 Å². The first-order valence-corrected chi connectivity index (χ1v) is 3.71. The van der Waals surface area contributed by atoms with Gasteiger partial charge in [-0.25, -0.2) is 0 Å². The van der Waals surface area contributed by atoms with Crippen LogP contribution in [0.25, 0.3) is 0 Å². The summed E-state index contributed by atoms with van der Waals surface area (Å²) in [7, 11) is 0. The van der Waals surface area contributed by atoms with Crippen molar-refractivity contribution in [1.29, 1.82) is 0 Å². The van der Waals surface area contributed by atoms with Crippen LogP contribution < -0.4 is 0 Å². The van der Waals surface area contributed by atoms with E-state index in [2.05, 4.69) is 24.8 Å². The van der Waals surface area contributed by atoms with Gasteiger partial charge in [0.15, 0.2) is 0 Å². The molecule has 0 unspecified atom stereocenters. The van der Waals surface area contributed by atoms with Gasteiger partial charge in [0.1, 0.15) is 0 Å². The van der Waals surface area contributed by atoms with E-state index in [-0.39, 0.29) is 33.3 Å². The number of hydrogen-bond donors (Lipinski definition) is 2. The molecule has 11 heavy (non-hydrogen) atoms. The quantitative estimate of drug-likeness (QED) is 0.516. The monoisotopic (exact) mass is 279 g/mol. The molecular weight excluding hydrogens is 269 g/mol. The maximum Gasteiger partial charge on any atom is 0.0606 e. The largest absolute Gasteiger partial charge is 0.411 e. The molecule has 3 nitrogen and oxygen atoms in total. The number of nitrogens with zero attached hydrogens (tertiary/aromatic N) is 1. The van der Waals surface area contributed by atoms with E-state index < -0.39 is 0 Å². The van der Waals surface area contributed by atoms with E-state index >= 15 is 0 Å². The second-order valence-electron chi connectivity index (χ2n) is 1.70. The molecular formula is C5H10NO2S2Tc-. The van der Waals surface area contributed by atoms with Gasteiger partial charge in [0.2, 0.25) is 0 Å². The number of aliphatic hydroxyl groups is 2. The van der Waals surface area contributed by atoms with Gasteiger partial charge in [-0.2, -0.15) is 0 Å². The summed E-state index contributed by atoms with van der Waals surface area (Å²) in [5.74, 6) is 0. The molecule has 0 heterocycles. The predicted molar refractivity (Wildman–Crippen MR) is 45.7 cm³/mol. The zero-order valence-corrected chi connectivity index (χ0v) is 9.36. The number of hydrogen-bond acceptors (Lipinski definition) is 4. The zero-order valence-electron chi connectivity index (χ0n) is 5.86. The van der Waals surface area contributed by atoms with Gasteiger partial charge in [-0.15, -0.1) is 0 Å². The molecule has 0 aliphatic carbocycles. The summed E-state index contributed by atoms with van der Waals surface area (Å²) in [6, 6.07) is 0. The molecule has 0 bridgehead atoms. The number of rotatable bonds is 4. The molecule has 67 valence electrons. The van der Waals surface area contributed by atoms with Gasteiger partial charge < -0.3 is 40.0 Å². The van der Waals surface area contributed by atoms with Gasteiger partial charge in [-0.1, -0.05) is 4.32 Å². The Hall–Kier alpha value is 0.679. The molecule has 2 N–H and O–H groups in total. The van der Waals surface area contributed by atoms with E-state index in [9.17, 15) is 0 Å². The van der Waals surface area contributed by atoms with Crippen LogP contribution in [0.5, 0.6) is 0 Å². The van der Waals surface area contributed by atoms with E-state index in [1.807, 2.05) is 0 Å². The third-order valence-corrected chi connectivity index (χ3v) is 1.51. The summed E-state index contributed by atoms with van der Waals surface area (Å²) in [4.78, 5) is 1.57. The first kappa shape index (κ1) is 14.2. The van der Waals surface area contributed by atoms with Crippen molar-refractivity contribution in [2.75, 3.05) is 26.3 Å². The van der Waals surface area contributed by atoms with Crippen LogP contribution >= 0.6 is 12.2 Å². The molecule has 0 fully saturated rings. The second kappa shape index (κ2) is 8.77. The van der Waals surface area contributed by atoms with Crippen LogP contribution in [0.15, 0.2) is 0 Å². The van der Waals surface area contributed by atoms with Crippen molar-refractivity contribution in [3.8, 4) is 0 Å². The third-order valence-electron chi connectivity index (χ3n) is 0.998. The molecule has 0 aromatic heterocycles. The molecule has 0 saturated carbocycles. The van der Waals surface area contributed by atoms with Gasteiger partial charge in [0, 0.05) is 33.2 Å². The second-order valence-corrected chi connectivity index (χ2v) is 2.73. The van der Waals surface area contributed by atoms with Gasteiger partial charge in [-0.05, 0) is 0 Å². The minimum atomic E-state index is 0. The Morgan fingerprint density at radius 3 is 1.82 bits per heavy atom. The molecule has 0 aromatic rings. The average molecular weight is 279 g/mol. The van der Waals surface area contributed by atoms with E-state index in [0.29, 0.717) is 17.4 Å². The van der Waals surface area contributed by atoms with Crippen molar-refractivity contribution >= 4 is 29.2 Å². The van der Waals surface area contributed by atoms with Crippen molar-refractivity contribution < 1.29 is 30.3 Å². The third kappa shape index (κ3) is 7.05. The SMILES string of the molecule is OCCN(CCO)C(=S)[S-].[99Tc]. The number of aliphatic hydroxyl groups excluding tert-OH is 2. The smallest absolute Gasteiger partial charge is 0.0606 e. The topological polar surface area (TPSA) is 43.7 Å². The first-order valence-electron chi connectivity index (χ1n) is 2.90. The molecule has 0 saturated heterocycles. The fourth-order valence-electron chi connectivity index (χ4n) is 0.536. The Balaban J connectivity index is 0. The van der Waals surface area contributed by atoms with E-state index in [4.69, 9.17) is 10.2 Å². The molecule has 0 atom stereocenters. The standard InChI is InChI=1S/C5H11NO2S2.Tc/c7-3-1-6(2-4-8)5(9)10;/h7-8H,1-4H2,(H,9,10);/p-1/i;1+1. The van der Waals surface area contributed by atoms with E-state index in [0.717, 1.165) is 0 Å². The van der Waals surface area contributed by atoms with Crippen molar-refractivity contribution in [3.63, 3.8) is 0 Å². The molecule has 0 spiro atoms. The Bertz CT molecular complexity index is 109. The van der Waals surface area contributed by atoms with Crippen LogP contribution in [-0.4, -0.2) is 45.7 Å². The summed E-state index contributed by atoms with van der Waals surface area (Å²) < 4.78 is 0.295. The van der Waals surface area contributed by atoms with Gasteiger partial charge in [0.25, 0.3) is 0 Å². The van der Waals surface area contributed by atoms with Gasteiger partial charge >= 0.3 is 0 Å². The van der Waals surface area contributed by atoms with Crippen LogP contribution in [0.3, 0.4) is 0 Å². The van der Waals surface area contributed by atoms with Crippen LogP contribution in [0.4, 0.5) is 0 Å². The van der Waals surface area contributed by atoms with Gasteiger partial charge in [-0.3, -0.25) is 0 Å². The van der Waals surface area contributed by atoms with Crippen LogP contribution in [-0.2, 0) is 32.7 Å². The van der Waals surface area contributed by atoms with E-state index in [1.165, 1.54) is 0 Å². The van der Waals surface area contributed by atoms with Crippen LogP contribution in [0, 0.1) is 0 Å². The normalized spacial score (nSPS) is 8.55. The maximum absolute atomic E-state index is 8.48. The zero-order chi connectivity index (χ0) is 7.98. The summed E-state index contributed by atoms with van der Waals surface area (Å²) in [5.41, 5.74) is 0. The molecule has 6 heteroatoms. The van der Waals surface area contributed by atoms with E-state index in [1.54, 1.807) is 4.90 Å². The predicted octanol–water partition coefficient (Wildman–Crippen LogP) is -0.898. The van der Waals surface area contributed by atoms with Crippen molar-refractivity contribution in [3.05, 3.63) is 0 Å². The van der Waals surface area contributed by atoms with Gasteiger partial charge in [0.05, 0.1) is 13.2 Å². The summed E-state index contributed by atoms with van der Waals surface area (Å²) in [6.07, 6.45) is 0. The minimum absolute atomic E-state index is 0. The van der Waals surface area contributed by atoms with Crippen LogP contribution in [0.2, 0.25) is 0 Å². The minimum Gasteiger partial charge on any atom is -0.411 e. The Kier molecular flexibility index (Phi) is 11.3. The maximum atomic E-state index is 8.48. The molecule has 0 rings (SSSR count). The molecule has 0 aromatic carbocycles. The fraction of sp³-hybridized carbons (Fsp3) is 0.800. The summed E-state index contributed by atoms with van der Waals surface area (Å²) in [6.45, 7) is 0.833. The summed E-state index contributed by atoms with van der Waals surface area (Å²) in [5, 5.41) is 17.0.